The van der Waals surface area contributed by atoms with Crippen molar-refractivity contribution in [3.8, 4) is 0 Å². The summed E-state index contributed by atoms with van der Waals surface area (Å²) >= 11 is 7.80. The maximum atomic E-state index is 6.11. The Morgan fingerprint density at radius 3 is 3.00 bits per heavy atom. The van der Waals surface area contributed by atoms with Crippen LogP contribution in [0.5, 0.6) is 0 Å². The molecule has 0 aliphatic rings. The molecule has 0 radical (unpaired) electrons. The highest BCUT2D eigenvalue weighted by molar-refractivity contribution is 7.19. The summed E-state index contributed by atoms with van der Waals surface area (Å²) in [7, 11) is 0. The van der Waals surface area contributed by atoms with Crippen molar-refractivity contribution in [1.29, 1.82) is 0 Å². The van der Waals surface area contributed by atoms with E-state index >= 15 is 0 Å². The monoisotopic (exact) mass is 254 g/mol. The van der Waals surface area contributed by atoms with Gasteiger partial charge in [-0.3, -0.25) is 0 Å². The summed E-state index contributed by atoms with van der Waals surface area (Å²) in [6.45, 7) is 2.91. The number of aromatic nitrogens is 1. The van der Waals surface area contributed by atoms with Crippen molar-refractivity contribution in [2.45, 2.75) is 19.8 Å². The molecule has 1 unspecified atom stereocenters. The number of nitrogens with two attached hydrogens (primary N) is 1. The first-order valence-electron chi connectivity index (χ1n) is 5.44. The predicted octanol–water partition coefficient (Wildman–Crippen LogP) is 3.48. The molecular weight excluding hydrogens is 240 g/mol. The first-order valence-corrected chi connectivity index (χ1v) is 6.64. The number of hydrogen-bond acceptors (Lipinski definition) is 3. The summed E-state index contributed by atoms with van der Waals surface area (Å²) in [6, 6.07) is 5.86. The molecule has 1 aromatic carbocycles. The van der Waals surface area contributed by atoms with Gasteiger partial charge in [-0.2, -0.15) is 0 Å². The van der Waals surface area contributed by atoms with Crippen molar-refractivity contribution in [2.24, 2.45) is 11.7 Å². The molecule has 2 N–H and O–H groups in total. The molecule has 1 atom stereocenters. The number of fused-ring (bicyclic) bond motifs is 1. The molecule has 0 bridgehead atoms. The Kier molecular flexibility index (Phi) is 3.79. The molecule has 0 saturated heterocycles. The summed E-state index contributed by atoms with van der Waals surface area (Å²) in [4.78, 5) is 4.57. The van der Waals surface area contributed by atoms with Gasteiger partial charge >= 0.3 is 0 Å². The van der Waals surface area contributed by atoms with Crippen molar-refractivity contribution >= 4 is 33.2 Å². The lowest BCUT2D eigenvalue weighted by atomic mass is 10.1. The van der Waals surface area contributed by atoms with Gasteiger partial charge < -0.3 is 5.73 Å². The van der Waals surface area contributed by atoms with Gasteiger partial charge in [-0.15, -0.1) is 11.3 Å². The fourth-order valence-electron chi connectivity index (χ4n) is 1.56. The Bertz CT molecular complexity index is 481. The minimum Gasteiger partial charge on any atom is -0.330 e. The Morgan fingerprint density at radius 2 is 2.31 bits per heavy atom. The van der Waals surface area contributed by atoms with E-state index in [-0.39, 0.29) is 0 Å². The predicted molar refractivity (Wildman–Crippen MR) is 71.2 cm³/mol. The number of rotatable bonds is 4. The second kappa shape index (κ2) is 5.13. The molecule has 0 aliphatic carbocycles. The summed E-state index contributed by atoms with van der Waals surface area (Å²) in [5.41, 5.74) is 6.60. The van der Waals surface area contributed by atoms with Crippen LogP contribution in [-0.4, -0.2) is 11.5 Å². The van der Waals surface area contributed by atoms with Gasteiger partial charge in [0.2, 0.25) is 0 Å². The summed E-state index contributed by atoms with van der Waals surface area (Å²) in [5.74, 6) is 0.558. The maximum Gasteiger partial charge on any atom is 0.0939 e. The molecule has 1 heterocycles. The van der Waals surface area contributed by atoms with Crippen LogP contribution in [0.1, 0.15) is 18.4 Å². The number of halogens is 1. The van der Waals surface area contributed by atoms with Crippen LogP contribution in [0.3, 0.4) is 0 Å². The average molecular weight is 255 g/mol. The summed E-state index contributed by atoms with van der Waals surface area (Å²) < 4.78 is 1.10. The minimum atomic E-state index is 0.558. The topological polar surface area (TPSA) is 38.9 Å². The fourth-order valence-corrected chi connectivity index (χ4v) is 2.82. The highest BCUT2D eigenvalue weighted by Crippen LogP contribution is 2.29. The van der Waals surface area contributed by atoms with Crippen LogP contribution in [0.25, 0.3) is 10.2 Å². The van der Waals surface area contributed by atoms with E-state index < -0.39 is 0 Å². The van der Waals surface area contributed by atoms with Gasteiger partial charge in [0.1, 0.15) is 0 Å². The van der Waals surface area contributed by atoms with E-state index in [1.54, 1.807) is 11.3 Å². The van der Waals surface area contributed by atoms with Crippen LogP contribution in [0.15, 0.2) is 18.2 Å². The van der Waals surface area contributed by atoms with E-state index in [1.165, 1.54) is 0 Å². The Morgan fingerprint density at radius 1 is 1.50 bits per heavy atom. The highest BCUT2D eigenvalue weighted by atomic mass is 35.5. The van der Waals surface area contributed by atoms with Gasteiger partial charge in [-0.05, 0) is 37.4 Å². The normalized spacial score (nSPS) is 13.2. The molecule has 2 aromatic rings. The molecule has 2 rings (SSSR count). The van der Waals surface area contributed by atoms with E-state index in [9.17, 15) is 0 Å². The molecule has 86 valence electrons. The first kappa shape index (κ1) is 11.8. The zero-order chi connectivity index (χ0) is 11.5. The quantitative estimate of drug-likeness (QED) is 0.907. The van der Waals surface area contributed by atoms with Crippen LogP contribution in [0.4, 0.5) is 0 Å². The molecule has 2 nitrogen and oxygen atoms in total. The lowest BCUT2D eigenvalue weighted by molar-refractivity contribution is 0.544. The molecule has 16 heavy (non-hydrogen) atoms. The van der Waals surface area contributed by atoms with Gasteiger partial charge in [-0.25, -0.2) is 4.98 Å². The Balaban J connectivity index is 2.17. The molecule has 0 spiro atoms. The number of nitrogens with zero attached hydrogens (tertiary/aromatic N) is 1. The second-order valence-electron chi connectivity index (χ2n) is 4.08. The lowest BCUT2D eigenvalue weighted by Crippen LogP contribution is -2.11. The summed E-state index contributed by atoms with van der Waals surface area (Å²) in [6.07, 6.45) is 2.09. The van der Waals surface area contributed by atoms with Crippen LogP contribution in [-0.2, 0) is 6.42 Å². The Hall–Kier alpha value is -0.640. The van der Waals surface area contributed by atoms with Crippen molar-refractivity contribution in [1.82, 2.24) is 4.98 Å². The van der Waals surface area contributed by atoms with Crippen LogP contribution in [0, 0.1) is 5.92 Å². The smallest absolute Gasteiger partial charge is 0.0939 e. The van der Waals surface area contributed by atoms with E-state index in [1.807, 2.05) is 18.2 Å². The van der Waals surface area contributed by atoms with E-state index in [4.69, 9.17) is 17.3 Å². The van der Waals surface area contributed by atoms with E-state index in [0.717, 1.165) is 39.6 Å². The van der Waals surface area contributed by atoms with Crippen LogP contribution < -0.4 is 5.73 Å². The number of benzene rings is 1. The largest absolute Gasteiger partial charge is 0.330 e. The summed E-state index contributed by atoms with van der Waals surface area (Å²) in [5, 5.41) is 1.96. The van der Waals surface area contributed by atoms with Crippen molar-refractivity contribution in [2.75, 3.05) is 6.54 Å². The van der Waals surface area contributed by atoms with Crippen molar-refractivity contribution in [3.05, 3.63) is 28.2 Å². The average Bonchev–Trinajstić information content (AvgIpc) is 2.70. The van der Waals surface area contributed by atoms with E-state index in [0.29, 0.717) is 5.92 Å². The van der Waals surface area contributed by atoms with Gasteiger partial charge in [0, 0.05) is 0 Å². The molecule has 0 aliphatic heterocycles. The van der Waals surface area contributed by atoms with E-state index in [2.05, 4.69) is 11.9 Å². The molecular formula is C12H15ClN2S. The number of aryl methyl sites for hydroxylation is 1. The molecule has 1 aromatic heterocycles. The zero-order valence-electron chi connectivity index (χ0n) is 9.24. The Labute approximate surface area is 104 Å². The molecule has 0 fully saturated rings. The van der Waals surface area contributed by atoms with Gasteiger partial charge in [0.05, 0.1) is 20.2 Å². The maximum absolute atomic E-state index is 6.11. The third kappa shape index (κ3) is 2.54. The third-order valence-electron chi connectivity index (χ3n) is 2.66. The third-order valence-corrected chi connectivity index (χ3v) is 4.26. The lowest BCUT2D eigenvalue weighted by Gasteiger charge is -2.04. The zero-order valence-corrected chi connectivity index (χ0v) is 10.8. The first-order chi connectivity index (χ1) is 7.70. The second-order valence-corrected chi connectivity index (χ2v) is 5.57. The molecule has 0 amide bonds. The standard InChI is InChI=1S/C12H15ClN2S/c1-8(7-14)5-6-11-15-10-4-2-3-9(13)12(10)16-11/h2-4,8H,5-7,14H2,1H3. The van der Waals surface area contributed by atoms with Gasteiger partial charge in [0.25, 0.3) is 0 Å². The van der Waals surface area contributed by atoms with Gasteiger partial charge in [0.15, 0.2) is 0 Å². The van der Waals surface area contributed by atoms with Crippen LogP contribution in [0.2, 0.25) is 5.02 Å². The van der Waals surface area contributed by atoms with Crippen LogP contribution >= 0.6 is 22.9 Å². The number of hydrogen-bond donors (Lipinski definition) is 1. The van der Waals surface area contributed by atoms with Gasteiger partial charge in [-0.1, -0.05) is 24.6 Å². The highest BCUT2D eigenvalue weighted by Gasteiger charge is 2.07. The SMILES string of the molecule is CC(CN)CCc1nc2cccc(Cl)c2s1. The fraction of sp³-hybridized carbons (Fsp3) is 0.417. The van der Waals surface area contributed by atoms with Crippen molar-refractivity contribution < 1.29 is 0 Å². The van der Waals surface area contributed by atoms with Crippen molar-refractivity contribution in [3.63, 3.8) is 0 Å². The molecule has 0 saturated carbocycles. The number of thiazole rings is 1. The minimum absolute atomic E-state index is 0.558. The molecule has 4 heteroatoms.